The Labute approximate surface area is 142 Å². The Kier molecular flexibility index (Phi) is 4.30. The molecule has 1 N–H and O–H groups in total. The average molecular weight is 354 g/mol. The third-order valence-electron chi connectivity index (χ3n) is 4.82. The molecule has 8 heteroatoms. The Bertz CT molecular complexity index is 745. The molecule has 0 saturated heterocycles. The van der Waals surface area contributed by atoms with Crippen LogP contribution in [0.1, 0.15) is 56.8 Å². The molecule has 1 saturated carbocycles. The highest BCUT2D eigenvalue weighted by atomic mass is 19.4. The summed E-state index contributed by atoms with van der Waals surface area (Å²) < 4.78 is 38.6. The Morgan fingerprint density at radius 2 is 1.84 bits per heavy atom. The Hall–Kier alpha value is -2.38. The number of alkyl halides is 3. The van der Waals surface area contributed by atoms with Crippen LogP contribution >= 0.6 is 0 Å². The van der Waals surface area contributed by atoms with Crippen molar-refractivity contribution < 1.29 is 27.6 Å². The van der Waals surface area contributed by atoms with Gasteiger partial charge in [0.05, 0.1) is 17.0 Å². The highest BCUT2D eigenvalue weighted by molar-refractivity contribution is 6.21. The molecular formula is C17H17F3N2O3. The second kappa shape index (κ2) is 6.16. The lowest BCUT2D eigenvalue weighted by Gasteiger charge is -2.31. The van der Waals surface area contributed by atoms with Crippen molar-refractivity contribution in [3.05, 3.63) is 34.9 Å². The summed E-state index contributed by atoms with van der Waals surface area (Å²) in [5, 5.41) is 2.62. The minimum Gasteiger partial charge on any atom is -0.349 e. The number of amides is 3. The number of imide groups is 1. The van der Waals surface area contributed by atoms with Gasteiger partial charge in [-0.1, -0.05) is 6.42 Å². The van der Waals surface area contributed by atoms with Crippen molar-refractivity contribution in [1.29, 1.82) is 0 Å². The van der Waals surface area contributed by atoms with Crippen LogP contribution < -0.4 is 5.32 Å². The predicted molar refractivity (Wildman–Crippen MR) is 82.1 cm³/mol. The van der Waals surface area contributed by atoms with Crippen LogP contribution in [0.3, 0.4) is 0 Å². The highest BCUT2D eigenvalue weighted by Gasteiger charge is 2.42. The monoisotopic (exact) mass is 354 g/mol. The van der Waals surface area contributed by atoms with E-state index in [2.05, 4.69) is 5.32 Å². The molecule has 3 amide bonds. The Morgan fingerprint density at radius 1 is 1.16 bits per heavy atom. The molecule has 1 fully saturated rings. The van der Waals surface area contributed by atoms with Crippen molar-refractivity contribution in [1.82, 2.24) is 10.2 Å². The number of fused-ring (bicyclic) bond motifs is 1. The number of benzene rings is 1. The normalized spacial score (nSPS) is 23.6. The second-order valence-electron chi connectivity index (χ2n) is 6.51. The quantitative estimate of drug-likeness (QED) is 0.831. The molecule has 0 radical (unpaired) electrons. The minimum absolute atomic E-state index is 0.0810. The first-order valence-electron chi connectivity index (χ1n) is 8.02. The zero-order chi connectivity index (χ0) is 18.4. The van der Waals surface area contributed by atoms with Crippen LogP contribution in [0, 0.1) is 5.92 Å². The fourth-order valence-electron chi connectivity index (χ4n) is 3.39. The molecule has 1 heterocycles. The predicted octanol–water partition coefficient (Wildman–Crippen LogP) is 2.76. The Balaban J connectivity index is 1.73. The number of carbonyl (C=O) groups is 3. The van der Waals surface area contributed by atoms with Gasteiger partial charge in [0.25, 0.3) is 17.7 Å². The van der Waals surface area contributed by atoms with Crippen molar-refractivity contribution in [3.8, 4) is 0 Å². The van der Waals surface area contributed by atoms with Gasteiger partial charge in [0.15, 0.2) is 0 Å². The summed E-state index contributed by atoms with van der Waals surface area (Å²) in [6, 6.07) is 3.56. The van der Waals surface area contributed by atoms with Crippen molar-refractivity contribution in [2.24, 2.45) is 5.92 Å². The molecule has 0 aromatic heterocycles. The summed E-state index contributed by atoms with van der Waals surface area (Å²) in [6.07, 6.45) is -3.42. The van der Waals surface area contributed by atoms with E-state index in [1.807, 2.05) is 0 Å². The van der Waals surface area contributed by atoms with E-state index < -0.39 is 35.9 Å². The molecule has 134 valence electrons. The van der Waals surface area contributed by atoms with E-state index in [0.29, 0.717) is 12.8 Å². The maximum absolute atomic E-state index is 12.9. The number of carbonyl (C=O) groups excluding carboxylic acids is 3. The van der Waals surface area contributed by atoms with Crippen LogP contribution in [-0.2, 0) is 0 Å². The summed E-state index contributed by atoms with van der Waals surface area (Å²) >= 11 is 0. The molecule has 3 rings (SSSR count). The topological polar surface area (TPSA) is 66.5 Å². The summed E-state index contributed by atoms with van der Waals surface area (Å²) in [5.74, 6) is -2.87. The van der Waals surface area contributed by atoms with Gasteiger partial charge in [-0.3, -0.25) is 19.3 Å². The van der Waals surface area contributed by atoms with E-state index in [-0.39, 0.29) is 29.5 Å². The molecule has 1 aliphatic heterocycles. The lowest BCUT2D eigenvalue weighted by Crippen LogP contribution is -2.41. The lowest BCUT2D eigenvalue weighted by molar-refractivity contribution is -0.183. The van der Waals surface area contributed by atoms with Crippen molar-refractivity contribution >= 4 is 17.7 Å². The summed E-state index contributed by atoms with van der Waals surface area (Å²) in [4.78, 5) is 37.1. The van der Waals surface area contributed by atoms with Gasteiger partial charge >= 0.3 is 6.18 Å². The van der Waals surface area contributed by atoms with Gasteiger partial charge < -0.3 is 5.32 Å². The zero-order valence-corrected chi connectivity index (χ0v) is 13.5. The maximum atomic E-state index is 12.9. The second-order valence-corrected chi connectivity index (χ2v) is 6.51. The number of nitrogens with one attached hydrogen (secondary N) is 1. The van der Waals surface area contributed by atoms with Gasteiger partial charge in [-0.2, -0.15) is 13.2 Å². The van der Waals surface area contributed by atoms with Gasteiger partial charge in [-0.25, -0.2) is 0 Å². The molecule has 1 aliphatic carbocycles. The maximum Gasteiger partial charge on any atom is 0.391 e. The molecule has 0 unspecified atom stereocenters. The van der Waals surface area contributed by atoms with Crippen LogP contribution in [-0.4, -0.2) is 41.9 Å². The summed E-state index contributed by atoms with van der Waals surface area (Å²) in [7, 11) is 1.35. The summed E-state index contributed by atoms with van der Waals surface area (Å²) in [5.41, 5.74) is 0.514. The standard InChI is InChI=1S/C17H17F3N2O3/c1-22-15(24)12-6-5-9(7-13(12)16(22)25)14(23)21-11-4-2-3-10(8-11)17(18,19)20/h5-7,10-11H,2-4,8H2,1H3,(H,21,23)/t10-,11-/m0/s1. The summed E-state index contributed by atoms with van der Waals surface area (Å²) in [6.45, 7) is 0. The molecule has 1 aromatic carbocycles. The van der Waals surface area contributed by atoms with E-state index >= 15 is 0 Å². The fraction of sp³-hybridized carbons (Fsp3) is 0.471. The van der Waals surface area contributed by atoms with Gasteiger partial charge in [0.1, 0.15) is 0 Å². The van der Waals surface area contributed by atoms with Gasteiger partial charge in [-0.05, 0) is 37.5 Å². The first-order valence-corrected chi connectivity index (χ1v) is 8.02. The first kappa shape index (κ1) is 17.4. The van der Waals surface area contributed by atoms with Crippen LogP contribution in [0.2, 0.25) is 0 Å². The van der Waals surface area contributed by atoms with Crippen LogP contribution in [0.15, 0.2) is 18.2 Å². The lowest BCUT2D eigenvalue weighted by atomic mass is 9.85. The van der Waals surface area contributed by atoms with E-state index in [4.69, 9.17) is 0 Å². The molecule has 25 heavy (non-hydrogen) atoms. The molecule has 0 bridgehead atoms. The first-order chi connectivity index (χ1) is 11.7. The molecule has 0 spiro atoms. The third kappa shape index (κ3) is 3.25. The van der Waals surface area contributed by atoms with Gasteiger partial charge in [0, 0.05) is 18.7 Å². The van der Waals surface area contributed by atoms with E-state index in [0.717, 1.165) is 4.90 Å². The van der Waals surface area contributed by atoms with Crippen molar-refractivity contribution in [3.63, 3.8) is 0 Å². The molecule has 5 nitrogen and oxygen atoms in total. The number of halogens is 3. The zero-order valence-electron chi connectivity index (χ0n) is 13.5. The number of hydrogen-bond donors (Lipinski definition) is 1. The smallest absolute Gasteiger partial charge is 0.349 e. The SMILES string of the molecule is CN1C(=O)c2ccc(C(=O)N[C@H]3CCC[C@H](C(F)(F)F)C3)cc2C1=O. The average Bonchev–Trinajstić information content (AvgIpc) is 2.78. The number of rotatable bonds is 2. The van der Waals surface area contributed by atoms with Gasteiger partial charge in [0.2, 0.25) is 0 Å². The van der Waals surface area contributed by atoms with E-state index in [1.54, 1.807) is 0 Å². The molecular weight excluding hydrogens is 337 g/mol. The number of nitrogens with zero attached hydrogens (tertiary/aromatic N) is 1. The third-order valence-corrected chi connectivity index (χ3v) is 4.82. The minimum atomic E-state index is -4.26. The largest absolute Gasteiger partial charge is 0.391 e. The number of hydrogen-bond acceptors (Lipinski definition) is 3. The highest BCUT2D eigenvalue weighted by Crippen LogP contribution is 2.37. The van der Waals surface area contributed by atoms with E-state index in [9.17, 15) is 27.6 Å². The van der Waals surface area contributed by atoms with E-state index in [1.165, 1.54) is 25.2 Å². The molecule has 2 aliphatic rings. The molecule has 1 aromatic rings. The Morgan fingerprint density at radius 3 is 2.52 bits per heavy atom. The van der Waals surface area contributed by atoms with Crippen LogP contribution in [0.4, 0.5) is 13.2 Å². The fourth-order valence-corrected chi connectivity index (χ4v) is 3.39. The van der Waals surface area contributed by atoms with Gasteiger partial charge in [-0.15, -0.1) is 0 Å². The van der Waals surface area contributed by atoms with Crippen LogP contribution in [0.5, 0.6) is 0 Å². The van der Waals surface area contributed by atoms with Crippen molar-refractivity contribution in [2.75, 3.05) is 7.05 Å². The van der Waals surface area contributed by atoms with Crippen molar-refractivity contribution in [2.45, 2.75) is 37.9 Å². The molecule has 2 atom stereocenters. The van der Waals surface area contributed by atoms with Crippen LogP contribution in [0.25, 0.3) is 0 Å².